The summed E-state index contributed by atoms with van der Waals surface area (Å²) in [5, 5.41) is 0. The zero-order chi connectivity index (χ0) is 10.1. The molecule has 0 saturated carbocycles. The molecule has 0 spiro atoms. The fourth-order valence-corrected chi connectivity index (χ4v) is 1.66. The highest BCUT2D eigenvalue weighted by Crippen LogP contribution is 2.18. The van der Waals surface area contributed by atoms with Gasteiger partial charge in [-0.2, -0.15) is 0 Å². The average molecular weight is 195 g/mol. The van der Waals surface area contributed by atoms with Crippen molar-refractivity contribution >= 4 is 26.0 Å². The van der Waals surface area contributed by atoms with Gasteiger partial charge in [0.05, 0.1) is 0 Å². The van der Waals surface area contributed by atoms with Gasteiger partial charge in [0.2, 0.25) is 0 Å². The lowest BCUT2D eigenvalue weighted by molar-refractivity contribution is 0.406. The van der Waals surface area contributed by atoms with E-state index in [9.17, 15) is 0 Å². The second-order valence-corrected chi connectivity index (χ2v) is 4.64. The molecule has 3 heteroatoms. The summed E-state index contributed by atoms with van der Waals surface area (Å²) in [5.41, 5.74) is 0. The van der Waals surface area contributed by atoms with Crippen LogP contribution >= 0.6 is 11.6 Å². The quantitative estimate of drug-likeness (QED) is 0.422. The van der Waals surface area contributed by atoms with E-state index in [1.165, 1.54) is 37.1 Å². The van der Waals surface area contributed by atoms with Crippen molar-refractivity contribution in [2.45, 2.75) is 46.3 Å². The summed E-state index contributed by atoms with van der Waals surface area (Å²) in [6.07, 6.45) is 5.03. The molecule has 0 aliphatic rings. The summed E-state index contributed by atoms with van der Waals surface area (Å²) >= 11 is 1.45. The van der Waals surface area contributed by atoms with E-state index in [0.29, 0.717) is 0 Å². The summed E-state index contributed by atoms with van der Waals surface area (Å²) < 4.78 is 0. The van der Waals surface area contributed by atoms with E-state index >= 15 is 0 Å². The third-order valence-corrected chi connectivity index (χ3v) is 3.35. The molecule has 0 saturated heterocycles. The summed E-state index contributed by atoms with van der Waals surface area (Å²) in [7, 11) is 7.77. The number of hydrogen-bond acceptors (Lipinski definition) is 1. The van der Waals surface area contributed by atoms with Crippen LogP contribution in [0.3, 0.4) is 0 Å². The van der Waals surface area contributed by atoms with Gasteiger partial charge in [0.25, 0.3) is 0 Å². The van der Waals surface area contributed by atoms with Crippen LogP contribution in [0.15, 0.2) is 0 Å². The molecule has 0 rings (SSSR count). The van der Waals surface area contributed by atoms with Gasteiger partial charge in [0, 0.05) is 0 Å². The van der Waals surface area contributed by atoms with Gasteiger partial charge < -0.3 is 0 Å². The van der Waals surface area contributed by atoms with E-state index in [1.54, 1.807) is 0 Å². The van der Waals surface area contributed by atoms with E-state index in [1.807, 2.05) is 0 Å². The lowest BCUT2D eigenvalue weighted by atomic mass is 9.64. The lowest BCUT2D eigenvalue weighted by Crippen LogP contribution is -2.09. The molecule has 0 aliphatic heterocycles. The van der Waals surface area contributed by atoms with Gasteiger partial charge in [-0.25, -0.2) is 11.6 Å². The van der Waals surface area contributed by atoms with Crippen LogP contribution in [0, 0.1) is 11.8 Å². The van der Waals surface area contributed by atoms with Crippen LogP contribution in [0.25, 0.3) is 0 Å². The van der Waals surface area contributed by atoms with Crippen LogP contribution in [0.4, 0.5) is 0 Å². The van der Waals surface area contributed by atoms with Gasteiger partial charge in [0.15, 0.2) is 7.12 Å². The van der Waals surface area contributed by atoms with Crippen molar-refractivity contribution in [2.24, 2.45) is 11.8 Å². The number of rotatable bonds is 8. The molecule has 0 aromatic heterocycles. The molecule has 1 unspecified atom stereocenters. The Balaban J connectivity index is 3.21. The van der Waals surface area contributed by atoms with Crippen molar-refractivity contribution in [3.8, 4) is 0 Å². The summed E-state index contributed by atoms with van der Waals surface area (Å²) in [6, 6.07) is 0. The molecule has 0 heterocycles. The summed E-state index contributed by atoms with van der Waals surface area (Å²) in [6.45, 7) is 6.96. The maximum Gasteiger partial charge on any atom is 0.161 e. The third-order valence-electron chi connectivity index (χ3n) is 2.82. The predicted octanol–water partition coefficient (Wildman–Crippen LogP) is 3.42. The van der Waals surface area contributed by atoms with Gasteiger partial charge in [0.1, 0.15) is 7.28 Å². The predicted molar refractivity (Wildman–Crippen MR) is 66.8 cm³/mol. The third kappa shape index (κ3) is 7.54. The minimum absolute atomic E-state index is 0.843. The van der Waals surface area contributed by atoms with E-state index < -0.39 is 0 Å². The van der Waals surface area contributed by atoms with Gasteiger partial charge in [-0.05, 0) is 17.6 Å². The zero-order valence-electron chi connectivity index (χ0n) is 9.25. The minimum Gasteiger partial charge on any atom is -0.227 e. The number of hydrogen-bond donors (Lipinski definition) is 0. The zero-order valence-corrected chi connectivity index (χ0v) is 10.1. The monoisotopic (exact) mass is 195 g/mol. The molecule has 3 radical (unpaired) electrons. The first-order valence-corrected chi connectivity index (χ1v) is 6.40. The van der Waals surface area contributed by atoms with Gasteiger partial charge in [-0.3, -0.25) is 0 Å². The van der Waals surface area contributed by atoms with Crippen molar-refractivity contribution in [1.29, 1.82) is 0 Å². The fraction of sp³-hybridized carbons (Fsp3) is 1.00. The van der Waals surface area contributed by atoms with Crippen LogP contribution < -0.4 is 0 Å². The molecule has 0 bridgehead atoms. The Labute approximate surface area is 90.2 Å². The maximum absolute atomic E-state index is 5.34. The lowest BCUT2D eigenvalue weighted by Gasteiger charge is -2.17. The molecule has 73 valence electrons. The second kappa shape index (κ2) is 9.05. The summed E-state index contributed by atoms with van der Waals surface area (Å²) in [4.78, 5) is 0. The molecule has 0 nitrogen and oxygen atoms in total. The van der Waals surface area contributed by atoms with E-state index in [4.69, 9.17) is 7.12 Å². The van der Waals surface area contributed by atoms with Crippen LogP contribution in [0.1, 0.15) is 33.6 Å². The highest BCUT2D eigenvalue weighted by molar-refractivity contribution is 8.19. The first-order chi connectivity index (χ1) is 6.22. The molecule has 13 heavy (non-hydrogen) atoms. The smallest absolute Gasteiger partial charge is 0.161 e. The van der Waals surface area contributed by atoms with Crippen molar-refractivity contribution in [2.75, 3.05) is 5.75 Å². The van der Waals surface area contributed by atoms with Gasteiger partial charge >= 0.3 is 0 Å². The maximum atomic E-state index is 5.34. The largest absolute Gasteiger partial charge is 0.227 e. The van der Waals surface area contributed by atoms with Gasteiger partial charge in [-0.1, -0.05) is 46.3 Å². The molecular weight excluding hydrogens is 174 g/mol. The topological polar surface area (TPSA) is 0 Å². The summed E-state index contributed by atoms with van der Waals surface area (Å²) in [5.74, 6) is 2.80. The highest BCUT2D eigenvalue weighted by Gasteiger charge is 2.09. The van der Waals surface area contributed by atoms with Crippen molar-refractivity contribution in [3.05, 3.63) is 0 Å². The molecule has 0 fully saturated rings. The Morgan fingerprint density at radius 1 is 1.31 bits per heavy atom. The molecule has 0 N–H and O–H groups in total. The molecular formula is C10H21B2S. The van der Waals surface area contributed by atoms with Crippen molar-refractivity contribution in [3.63, 3.8) is 0 Å². The van der Waals surface area contributed by atoms with Crippen molar-refractivity contribution in [1.82, 2.24) is 0 Å². The van der Waals surface area contributed by atoms with Crippen LogP contribution in [-0.2, 0) is 0 Å². The Bertz CT molecular complexity index is 109. The minimum atomic E-state index is 0.843. The Kier molecular flexibility index (Phi) is 9.39. The van der Waals surface area contributed by atoms with Gasteiger partial charge in [-0.15, -0.1) is 0 Å². The van der Waals surface area contributed by atoms with Crippen LogP contribution in [0.5, 0.6) is 0 Å². The van der Waals surface area contributed by atoms with E-state index in [-0.39, 0.29) is 0 Å². The molecule has 0 aliphatic carbocycles. The Morgan fingerprint density at radius 3 is 2.54 bits per heavy atom. The normalized spacial score (nSPS) is 15.3. The highest BCUT2D eigenvalue weighted by atomic mass is 32.2. The standard InChI is InChI=1S/C10H21B2S/c1-4-9(2)10(3)8-12-6-5-7-13-11/h9-10H,4-8H2,1-3H3/t9?,10-/m0/s1. The van der Waals surface area contributed by atoms with Crippen LogP contribution in [-0.4, -0.2) is 20.2 Å². The Morgan fingerprint density at radius 2 is 2.00 bits per heavy atom. The molecule has 0 aromatic carbocycles. The van der Waals surface area contributed by atoms with E-state index in [2.05, 4.69) is 28.1 Å². The molecule has 0 aromatic rings. The molecule has 0 amide bonds. The SMILES string of the molecule is [B]SCCC[B]C[C@H](C)C(C)CC. The first kappa shape index (κ1) is 13.5. The van der Waals surface area contributed by atoms with Crippen molar-refractivity contribution < 1.29 is 0 Å². The fourth-order valence-electron chi connectivity index (χ4n) is 1.33. The second-order valence-electron chi connectivity index (χ2n) is 3.90. The Hall–Kier alpha value is 0.480. The van der Waals surface area contributed by atoms with E-state index in [0.717, 1.165) is 17.6 Å². The average Bonchev–Trinajstić information content (AvgIpc) is 2.16. The molecule has 2 atom stereocenters. The van der Waals surface area contributed by atoms with Crippen LogP contribution in [0.2, 0.25) is 12.6 Å². The first-order valence-electron chi connectivity index (χ1n) is 5.35.